The Morgan fingerprint density at radius 2 is 1.69 bits per heavy atom. The Morgan fingerprint density at radius 1 is 1.07 bits per heavy atom. The first-order chi connectivity index (χ1) is 13.7. The number of nitro groups is 1. The molecule has 2 aromatic rings. The van der Waals surface area contributed by atoms with Gasteiger partial charge in [-0.1, -0.05) is 0 Å². The normalized spacial score (nSPS) is 14.9. The van der Waals surface area contributed by atoms with E-state index >= 15 is 0 Å². The zero-order chi connectivity index (χ0) is 21.2. The summed E-state index contributed by atoms with van der Waals surface area (Å²) in [5, 5.41) is 10.7. The van der Waals surface area contributed by atoms with Gasteiger partial charge >= 0.3 is 5.82 Å². The number of amides is 1. The molecular weight excluding hydrogens is 398 g/mol. The summed E-state index contributed by atoms with van der Waals surface area (Å²) >= 11 is 0. The van der Waals surface area contributed by atoms with Crippen LogP contribution in [-0.4, -0.2) is 73.7 Å². The summed E-state index contributed by atoms with van der Waals surface area (Å²) in [6.45, 7) is 2.10. The number of carbonyl (C=O) groups excluding carboxylic acids is 1. The predicted octanol–water partition coefficient (Wildman–Crippen LogP) is 1.20. The van der Waals surface area contributed by atoms with Crippen LogP contribution in [0.3, 0.4) is 0 Å². The summed E-state index contributed by atoms with van der Waals surface area (Å²) in [6, 6.07) is 8.90. The van der Waals surface area contributed by atoms with Crippen molar-refractivity contribution in [1.82, 2.24) is 14.2 Å². The molecule has 1 aliphatic rings. The molecule has 0 atom stereocenters. The summed E-state index contributed by atoms with van der Waals surface area (Å²) in [5.74, 6) is -0.373. The first-order valence-corrected chi connectivity index (χ1v) is 10.3. The van der Waals surface area contributed by atoms with E-state index in [1.807, 2.05) is 4.90 Å². The lowest BCUT2D eigenvalue weighted by Crippen LogP contribution is -2.48. The lowest BCUT2D eigenvalue weighted by atomic mass is 10.2. The minimum atomic E-state index is -3.54. The Kier molecular flexibility index (Phi) is 5.80. The van der Waals surface area contributed by atoms with Crippen molar-refractivity contribution in [3.63, 3.8) is 0 Å². The topological polar surface area (TPSA) is 117 Å². The average Bonchev–Trinajstić information content (AvgIpc) is 2.73. The van der Waals surface area contributed by atoms with Crippen molar-refractivity contribution in [3.05, 3.63) is 58.3 Å². The molecule has 1 aromatic heterocycles. The van der Waals surface area contributed by atoms with Gasteiger partial charge in [-0.15, -0.1) is 0 Å². The molecule has 1 fully saturated rings. The van der Waals surface area contributed by atoms with Crippen LogP contribution in [0.1, 0.15) is 10.4 Å². The SMILES string of the molecule is CN(C)S(=O)(=O)c1ccc(C(=O)N2CCN(c3ccc([N+](=O)[O-])nc3)CC2)cc1. The van der Waals surface area contributed by atoms with Crippen LogP contribution in [0.5, 0.6) is 0 Å². The molecule has 0 radical (unpaired) electrons. The van der Waals surface area contributed by atoms with Crippen LogP contribution in [0.15, 0.2) is 47.5 Å². The fraction of sp³-hybridized carbons (Fsp3) is 0.333. The number of anilines is 1. The number of hydrogen-bond donors (Lipinski definition) is 0. The van der Waals surface area contributed by atoms with E-state index < -0.39 is 14.9 Å². The highest BCUT2D eigenvalue weighted by molar-refractivity contribution is 7.89. The van der Waals surface area contributed by atoms with E-state index in [1.165, 1.54) is 50.6 Å². The second kappa shape index (κ2) is 8.13. The highest BCUT2D eigenvalue weighted by atomic mass is 32.2. The lowest BCUT2D eigenvalue weighted by molar-refractivity contribution is -0.389. The Morgan fingerprint density at radius 3 is 2.17 bits per heavy atom. The molecule has 0 N–H and O–H groups in total. The van der Waals surface area contributed by atoms with Crippen LogP contribution in [-0.2, 0) is 10.0 Å². The molecule has 1 aromatic carbocycles. The average molecular weight is 419 g/mol. The number of rotatable bonds is 5. The number of aromatic nitrogens is 1. The fourth-order valence-electron chi connectivity index (χ4n) is 3.00. The summed E-state index contributed by atoms with van der Waals surface area (Å²) in [5.41, 5.74) is 1.19. The van der Waals surface area contributed by atoms with Gasteiger partial charge in [0.1, 0.15) is 0 Å². The Bertz CT molecular complexity index is 998. The first kappa shape index (κ1) is 20.7. The molecule has 0 aliphatic carbocycles. The maximum absolute atomic E-state index is 12.7. The van der Waals surface area contributed by atoms with Gasteiger partial charge in [0.25, 0.3) is 5.91 Å². The summed E-state index contributed by atoms with van der Waals surface area (Å²) in [6.07, 6.45) is 1.46. The van der Waals surface area contributed by atoms with Crippen molar-refractivity contribution in [2.24, 2.45) is 0 Å². The third kappa shape index (κ3) is 4.35. The maximum Gasteiger partial charge on any atom is 0.363 e. The molecule has 1 amide bonds. The molecule has 154 valence electrons. The first-order valence-electron chi connectivity index (χ1n) is 8.87. The van der Waals surface area contributed by atoms with Crippen LogP contribution < -0.4 is 4.90 Å². The van der Waals surface area contributed by atoms with Gasteiger partial charge in [-0.3, -0.25) is 4.79 Å². The molecule has 0 spiro atoms. The molecule has 0 bridgehead atoms. The Hall–Kier alpha value is -3.05. The summed E-state index contributed by atoms with van der Waals surface area (Å²) in [7, 11) is -0.632. The van der Waals surface area contributed by atoms with Crippen molar-refractivity contribution in [2.75, 3.05) is 45.2 Å². The molecule has 11 heteroatoms. The molecule has 1 saturated heterocycles. The molecule has 0 unspecified atom stereocenters. The molecule has 3 rings (SSSR count). The minimum Gasteiger partial charge on any atom is -0.365 e. The number of carbonyl (C=O) groups is 1. The summed E-state index contributed by atoms with van der Waals surface area (Å²) < 4.78 is 25.4. The van der Waals surface area contributed by atoms with E-state index in [1.54, 1.807) is 11.0 Å². The van der Waals surface area contributed by atoms with E-state index in [0.717, 1.165) is 9.99 Å². The molecule has 29 heavy (non-hydrogen) atoms. The summed E-state index contributed by atoms with van der Waals surface area (Å²) in [4.78, 5) is 30.5. The van der Waals surface area contributed by atoms with E-state index in [-0.39, 0.29) is 16.6 Å². The van der Waals surface area contributed by atoms with Gasteiger partial charge in [-0.25, -0.2) is 12.7 Å². The highest BCUT2D eigenvalue weighted by Crippen LogP contribution is 2.20. The van der Waals surface area contributed by atoms with Gasteiger partial charge in [0.15, 0.2) is 6.20 Å². The van der Waals surface area contributed by atoms with Crippen LogP contribution in [0.25, 0.3) is 0 Å². The van der Waals surface area contributed by atoms with Gasteiger partial charge < -0.3 is 19.9 Å². The van der Waals surface area contributed by atoms with Crippen LogP contribution in [0.4, 0.5) is 11.5 Å². The van der Waals surface area contributed by atoms with Crippen LogP contribution >= 0.6 is 0 Å². The van der Waals surface area contributed by atoms with E-state index in [2.05, 4.69) is 4.98 Å². The maximum atomic E-state index is 12.7. The van der Waals surface area contributed by atoms with Gasteiger partial charge in [-0.05, 0) is 40.2 Å². The largest absolute Gasteiger partial charge is 0.365 e. The standard InChI is InChI=1S/C18H21N5O5S/c1-20(2)29(27,28)16-6-3-14(4-7-16)18(24)22-11-9-21(10-12-22)15-5-8-17(19-13-15)23(25)26/h3-8,13H,9-12H2,1-2H3. The van der Waals surface area contributed by atoms with Gasteiger partial charge in [-0.2, -0.15) is 0 Å². The zero-order valence-corrected chi connectivity index (χ0v) is 16.9. The van der Waals surface area contributed by atoms with Gasteiger partial charge in [0, 0.05) is 51.9 Å². The lowest BCUT2D eigenvalue weighted by Gasteiger charge is -2.35. The second-order valence-electron chi connectivity index (χ2n) is 6.72. The number of nitrogens with zero attached hydrogens (tertiary/aromatic N) is 5. The number of benzene rings is 1. The Labute approximate surface area is 168 Å². The smallest absolute Gasteiger partial charge is 0.363 e. The zero-order valence-electron chi connectivity index (χ0n) is 16.1. The minimum absolute atomic E-state index is 0.134. The monoisotopic (exact) mass is 419 g/mol. The van der Waals surface area contributed by atoms with Crippen LogP contribution in [0, 0.1) is 10.1 Å². The van der Waals surface area contributed by atoms with Crippen LogP contribution in [0.2, 0.25) is 0 Å². The third-order valence-corrected chi connectivity index (χ3v) is 6.56. The number of piperazine rings is 1. The quantitative estimate of drug-likeness (QED) is 0.528. The molecule has 10 nitrogen and oxygen atoms in total. The van der Waals surface area contributed by atoms with E-state index in [9.17, 15) is 23.3 Å². The molecule has 1 aliphatic heterocycles. The highest BCUT2D eigenvalue weighted by Gasteiger charge is 2.24. The predicted molar refractivity (Wildman–Crippen MR) is 106 cm³/mol. The van der Waals surface area contributed by atoms with E-state index in [4.69, 9.17) is 0 Å². The number of hydrogen-bond acceptors (Lipinski definition) is 7. The fourth-order valence-corrected chi connectivity index (χ4v) is 3.91. The number of pyridine rings is 1. The van der Waals surface area contributed by atoms with E-state index in [0.29, 0.717) is 31.7 Å². The van der Waals surface area contributed by atoms with Crippen molar-refractivity contribution < 1.29 is 18.1 Å². The number of sulfonamides is 1. The third-order valence-electron chi connectivity index (χ3n) is 4.73. The van der Waals surface area contributed by atoms with Crippen molar-refractivity contribution in [1.29, 1.82) is 0 Å². The van der Waals surface area contributed by atoms with Crippen molar-refractivity contribution in [3.8, 4) is 0 Å². The second-order valence-corrected chi connectivity index (χ2v) is 8.87. The molecule has 2 heterocycles. The van der Waals surface area contributed by atoms with Gasteiger partial charge in [0.05, 0.1) is 10.6 Å². The Balaban J connectivity index is 1.63. The molecular formula is C18H21N5O5S. The molecule has 0 saturated carbocycles. The van der Waals surface area contributed by atoms with Crippen molar-refractivity contribution in [2.45, 2.75) is 4.90 Å². The van der Waals surface area contributed by atoms with Gasteiger partial charge in [0.2, 0.25) is 10.0 Å². The van der Waals surface area contributed by atoms with Crippen molar-refractivity contribution >= 4 is 27.4 Å².